The molecule has 3 aromatic rings. The number of hydrogen-bond acceptors (Lipinski definition) is 8. The molecule has 1 aromatic carbocycles. The average Bonchev–Trinajstić information content (AvgIpc) is 3.37. The predicted molar refractivity (Wildman–Crippen MR) is 107 cm³/mol. The third kappa shape index (κ3) is 4.02. The number of aryl methyl sites for hydroxylation is 1. The van der Waals surface area contributed by atoms with E-state index in [2.05, 4.69) is 31.8 Å². The van der Waals surface area contributed by atoms with Gasteiger partial charge in [-0.05, 0) is 62.1 Å². The number of methoxy groups -OCH3 is 2. The maximum atomic E-state index is 5.43. The Morgan fingerprint density at radius 1 is 1.11 bits per heavy atom. The molecule has 4 rings (SSSR count). The Balaban J connectivity index is 1.41. The highest BCUT2D eigenvalue weighted by Gasteiger charge is 2.27. The van der Waals surface area contributed by atoms with Crippen LogP contribution in [0.2, 0.25) is 0 Å². The molecule has 1 aliphatic heterocycles. The van der Waals surface area contributed by atoms with Gasteiger partial charge in [-0.1, -0.05) is 9.64 Å². The predicted octanol–water partition coefficient (Wildman–Crippen LogP) is 3.90. The summed E-state index contributed by atoms with van der Waals surface area (Å²) in [7, 11) is 3.36. The summed E-state index contributed by atoms with van der Waals surface area (Å²) in [5.41, 5.74) is 3.12. The van der Waals surface area contributed by atoms with Crippen LogP contribution >= 0.6 is 11.5 Å². The van der Waals surface area contributed by atoms with E-state index in [9.17, 15) is 0 Å². The van der Waals surface area contributed by atoms with Crippen LogP contribution in [0.1, 0.15) is 35.7 Å². The summed E-state index contributed by atoms with van der Waals surface area (Å²) in [5.74, 6) is 2.82. The quantitative estimate of drug-likeness (QED) is 0.621. The molecule has 8 heteroatoms. The van der Waals surface area contributed by atoms with Crippen LogP contribution in [0.25, 0.3) is 10.6 Å². The molecule has 0 N–H and O–H groups in total. The van der Waals surface area contributed by atoms with E-state index < -0.39 is 0 Å². The molecule has 2 aromatic heterocycles. The molecule has 0 saturated carbocycles. The van der Waals surface area contributed by atoms with Crippen LogP contribution in [-0.4, -0.2) is 47.0 Å². The smallest absolute Gasteiger partial charge is 0.180 e. The molecular weight excluding hydrogens is 376 g/mol. The van der Waals surface area contributed by atoms with E-state index in [4.69, 9.17) is 14.0 Å². The Kier molecular flexibility index (Phi) is 5.59. The first-order valence-electron chi connectivity index (χ1n) is 9.36. The molecule has 148 valence electrons. The van der Waals surface area contributed by atoms with Crippen LogP contribution in [0, 0.1) is 6.92 Å². The molecular formula is C20H24N4O3S. The molecule has 1 aliphatic rings. The molecule has 0 unspecified atom stereocenters. The van der Waals surface area contributed by atoms with Crippen molar-refractivity contribution in [2.75, 3.05) is 27.3 Å². The number of ether oxygens (including phenoxy) is 2. The first-order valence-corrected chi connectivity index (χ1v) is 10.1. The van der Waals surface area contributed by atoms with E-state index >= 15 is 0 Å². The van der Waals surface area contributed by atoms with E-state index in [1.54, 1.807) is 14.2 Å². The van der Waals surface area contributed by atoms with Gasteiger partial charge in [-0.15, -0.1) is 5.10 Å². The Labute approximate surface area is 168 Å². The highest BCUT2D eigenvalue weighted by molar-refractivity contribution is 7.09. The number of piperidine rings is 1. The van der Waals surface area contributed by atoms with E-state index in [-0.39, 0.29) is 0 Å². The summed E-state index contributed by atoms with van der Waals surface area (Å²) in [4.78, 5) is 3.47. The van der Waals surface area contributed by atoms with Gasteiger partial charge >= 0.3 is 0 Å². The number of rotatable bonds is 6. The molecule has 1 saturated heterocycles. The third-order valence-electron chi connectivity index (χ3n) is 5.16. The molecule has 28 heavy (non-hydrogen) atoms. The van der Waals surface area contributed by atoms with Gasteiger partial charge in [-0.2, -0.15) is 0 Å². The van der Waals surface area contributed by atoms with Crippen molar-refractivity contribution >= 4 is 11.5 Å². The number of nitrogens with zero attached hydrogens (tertiary/aromatic N) is 4. The first-order chi connectivity index (χ1) is 13.7. The topological polar surface area (TPSA) is 73.5 Å². The zero-order chi connectivity index (χ0) is 19.5. The molecule has 0 bridgehead atoms. The summed E-state index contributed by atoms with van der Waals surface area (Å²) >= 11 is 1.38. The molecule has 0 spiro atoms. The SMILES string of the molecule is COc1cc(CN2CCC(c3nnsc3-c3cc(C)no3)CC2)cc(OC)c1. The number of aromatic nitrogens is 3. The number of benzene rings is 1. The lowest BCUT2D eigenvalue weighted by atomic mass is 9.92. The Bertz CT molecular complexity index is 909. The minimum atomic E-state index is 0.398. The van der Waals surface area contributed by atoms with Gasteiger partial charge in [0.15, 0.2) is 5.76 Å². The summed E-state index contributed by atoms with van der Waals surface area (Å²) in [5, 5.41) is 8.40. The van der Waals surface area contributed by atoms with Crippen molar-refractivity contribution in [3.05, 3.63) is 41.2 Å². The van der Waals surface area contributed by atoms with Crippen LogP contribution in [0.15, 0.2) is 28.8 Å². The Hall–Kier alpha value is -2.45. The van der Waals surface area contributed by atoms with E-state index in [1.807, 2.05) is 19.1 Å². The van der Waals surface area contributed by atoms with Crippen molar-refractivity contribution in [1.29, 1.82) is 0 Å². The molecule has 0 aliphatic carbocycles. The second kappa shape index (κ2) is 8.28. The van der Waals surface area contributed by atoms with Crippen molar-refractivity contribution in [2.24, 2.45) is 0 Å². The Morgan fingerprint density at radius 2 is 1.82 bits per heavy atom. The van der Waals surface area contributed by atoms with Crippen LogP contribution < -0.4 is 9.47 Å². The van der Waals surface area contributed by atoms with Crippen LogP contribution in [0.3, 0.4) is 0 Å². The number of likely N-dealkylation sites (tertiary alicyclic amines) is 1. The standard InChI is InChI=1S/C20H24N4O3S/c1-13-8-18(27-22-13)20-19(21-23-28-20)15-4-6-24(7-5-15)12-14-9-16(25-2)11-17(10-14)26-3/h8-11,15H,4-7,12H2,1-3H3. The summed E-state index contributed by atoms with van der Waals surface area (Å²) < 4.78 is 20.4. The average molecular weight is 401 g/mol. The highest BCUT2D eigenvalue weighted by Crippen LogP contribution is 2.36. The van der Waals surface area contributed by atoms with E-state index in [0.717, 1.165) is 66.0 Å². The summed E-state index contributed by atoms with van der Waals surface area (Å²) in [6, 6.07) is 7.99. The molecule has 1 fully saturated rings. The lowest BCUT2D eigenvalue weighted by Gasteiger charge is -2.31. The molecule has 3 heterocycles. The molecule has 0 amide bonds. The van der Waals surface area contributed by atoms with E-state index in [0.29, 0.717) is 5.92 Å². The first kappa shape index (κ1) is 18.9. The van der Waals surface area contributed by atoms with Gasteiger partial charge in [-0.3, -0.25) is 4.90 Å². The zero-order valence-electron chi connectivity index (χ0n) is 16.3. The van der Waals surface area contributed by atoms with Gasteiger partial charge in [0.25, 0.3) is 0 Å². The van der Waals surface area contributed by atoms with Crippen molar-refractivity contribution < 1.29 is 14.0 Å². The Morgan fingerprint density at radius 3 is 2.43 bits per heavy atom. The lowest BCUT2D eigenvalue weighted by molar-refractivity contribution is 0.203. The van der Waals surface area contributed by atoms with Crippen molar-refractivity contribution in [2.45, 2.75) is 32.2 Å². The zero-order valence-corrected chi connectivity index (χ0v) is 17.2. The summed E-state index contributed by atoms with van der Waals surface area (Å²) in [6.07, 6.45) is 2.10. The summed E-state index contributed by atoms with van der Waals surface area (Å²) in [6.45, 7) is 4.82. The largest absolute Gasteiger partial charge is 0.497 e. The van der Waals surface area contributed by atoms with Crippen molar-refractivity contribution in [1.82, 2.24) is 19.6 Å². The second-order valence-corrected chi connectivity index (χ2v) is 7.85. The third-order valence-corrected chi connectivity index (χ3v) is 5.91. The highest BCUT2D eigenvalue weighted by atomic mass is 32.1. The second-order valence-electron chi connectivity index (χ2n) is 7.09. The fraction of sp³-hybridized carbons (Fsp3) is 0.450. The van der Waals surface area contributed by atoms with Crippen LogP contribution in [0.5, 0.6) is 11.5 Å². The maximum absolute atomic E-state index is 5.43. The minimum Gasteiger partial charge on any atom is -0.497 e. The van der Waals surface area contributed by atoms with E-state index in [1.165, 1.54) is 17.1 Å². The van der Waals surface area contributed by atoms with Crippen molar-refractivity contribution in [3.63, 3.8) is 0 Å². The fourth-order valence-corrected chi connectivity index (χ4v) is 4.38. The van der Waals surface area contributed by atoms with Gasteiger partial charge < -0.3 is 14.0 Å². The lowest BCUT2D eigenvalue weighted by Crippen LogP contribution is -2.32. The van der Waals surface area contributed by atoms with Crippen LogP contribution in [-0.2, 0) is 6.54 Å². The van der Waals surface area contributed by atoms with Gasteiger partial charge in [0.2, 0.25) is 0 Å². The molecule has 0 atom stereocenters. The van der Waals surface area contributed by atoms with Gasteiger partial charge in [0.1, 0.15) is 16.4 Å². The van der Waals surface area contributed by atoms with Crippen LogP contribution in [0.4, 0.5) is 0 Å². The van der Waals surface area contributed by atoms with Crippen molar-refractivity contribution in [3.8, 4) is 22.1 Å². The minimum absolute atomic E-state index is 0.398. The van der Waals surface area contributed by atoms with Gasteiger partial charge in [0, 0.05) is 24.6 Å². The molecule has 7 nitrogen and oxygen atoms in total. The monoisotopic (exact) mass is 400 g/mol. The van der Waals surface area contributed by atoms with Gasteiger partial charge in [0.05, 0.1) is 25.6 Å². The normalized spacial score (nSPS) is 15.7. The molecule has 0 radical (unpaired) electrons. The fourth-order valence-electron chi connectivity index (χ4n) is 3.69. The number of hydrogen-bond donors (Lipinski definition) is 0. The maximum Gasteiger partial charge on any atom is 0.180 e. The van der Waals surface area contributed by atoms with Gasteiger partial charge in [-0.25, -0.2) is 0 Å².